The highest BCUT2D eigenvalue weighted by molar-refractivity contribution is 9.10. The van der Waals surface area contributed by atoms with Crippen molar-refractivity contribution in [2.24, 2.45) is 0 Å². The van der Waals surface area contributed by atoms with Crippen LogP contribution in [-0.2, 0) is 15.6 Å². The molecule has 2 N–H and O–H groups in total. The predicted octanol–water partition coefficient (Wildman–Crippen LogP) is 3.28. The zero-order valence-electron chi connectivity index (χ0n) is 10.1. The number of hydrogen-bond acceptors (Lipinski definition) is 3. The van der Waals surface area contributed by atoms with Gasteiger partial charge in [0.2, 0.25) is 0 Å². The average molecular weight is 362 g/mol. The molecule has 0 atom stereocenters. The lowest BCUT2D eigenvalue weighted by atomic mass is 10.2. The summed E-state index contributed by atoms with van der Waals surface area (Å²) in [7, 11) is -3.87. The number of hydrogen-bond donors (Lipinski definition) is 1. The van der Waals surface area contributed by atoms with Gasteiger partial charge in [0.15, 0.2) is 21.5 Å². The third-order valence-electron chi connectivity index (χ3n) is 2.69. The summed E-state index contributed by atoms with van der Waals surface area (Å²) in [6.07, 6.45) is 0. The first-order valence-corrected chi connectivity index (χ1v) is 7.96. The summed E-state index contributed by atoms with van der Waals surface area (Å²) in [4.78, 5) is -0.115. The number of nitrogens with two attached hydrogens (primary N) is 1. The van der Waals surface area contributed by atoms with Crippen LogP contribution in [0.3, 0.4) is 0 Å². The fraction of sp³-hybridized carbons (Fsp3) is 0.0769. The minimum Gasteiger partial charge on any atom is -0.398 e. The van der Waals surface area contributed by atoms with Gasteiger partial charge in [-0.2, -0.15) is 0 Å². The van der Waals surface area contributed by atoms with E-state index in [0.29, 0.717) is 4.47 Å². The summed E-state index contributed by atoms with van der Waals surface area (Å²) < 4.78 is 51.7. The van der Waals surface area contributed by atoms with Crippen molar-refractivity contribution in [2.45, 2.75) is 10.6 Å². The number of rotatable bonds is 3. The monoisotopic (exact) mass is 361 g/mol. The highest BCUT2D eigenvalue weighted by atomic mass is 79.9. The molecular weight excluding hydrogens is 352 g/mol. The fourth-order valence-corrected chi connectivity index (χ4v) is 3.75. The number of benzene rings is 2. The van der Waals surface area contributed by atoms with Crippen LogP contribution < -0.4 is 5.73 Å². The molecule has 0 aliphatic heterocycles. The Bertz CT molecular complexity index is 763. The molecule has 0 saturated heterocycles. The van der Waals surface area contributed by atoms with E-state index in [1.807, 2.05) is 0 Å². The Morgan fingerprint density at radius 2 is 1.85 bits per heavy atom. The molecule has 7 heteroatoms. The number of anilines is 1. The molecule has 0 radical (unpaired) electrons. The van der Waals surface area contributed by atoms with E-state index in [9.17, 15) is 17.2 Å². The van der Waals surface area contributed by atoms with Crippen molar-refractivity contribution in [2.75, 3.05) is 5.73 Å². The van der Waals surface area contributed by atoms with Crippen molar-refractivity contribution in [1.29, 1.82) is 0 Å². The maximum atomic E-state index is 13.5. The molecule has 0 spiro atoms. The van der Waals surface area contributed by atoms with Crippen LogP contribution in [-0.4, -0.2) is 8.42 Å². The molecule has 2 aromatic carbocycles. The molecule has 2 aromatic rings. The number of nitrogen functional groups attached to an aromatic ring is 1. The van der Waals surface area contributed by atoms with Crippen LogP contribution in [0, 0.1) is 11.6 Å². The highest BCUT2D eigenvalue weighted by Crippen LogP contribution is 2.27. The fourth-order valence-electron chi connectivity index (χ4n) is 1.72. The number of halogens is 3. The lowest BCUT2D eigenvalue weighted by molar-refractivity contribution is 0.501. The molecule has 0 unspecified atom stereocenters. The smallest absolute Gasteiger partial charge is 0.184 e. The summed E-state index contributed by atoms with van der Waals surface area (Å²) in [6, 6.07) is 7.77. The van der Waals surface area contributed by atoms with E-state index in [2.05, 4.69) is 15.9 Å². The molecule has 0 amide bonds. The molecule has 0 aromatic heterocycles. The molecule has 0 bridgehead atoms. The summed E-state index contributed by atoms with van der Waals surface area (Å²) in [5, 5.41) is 0. The SMILES string of the molecule is Nc1ccc(Br)cc1S(=O)(=O)Cc1cccc(F)c1F. The maximum Gasteiger partial charge on any atom is 0.184 e. The summed E-state index contributed by atoms with van der Waals surface area (Å²) in [5.41, 5.74) is 5.46. The third kappa shape index (κ3) is 2.99. The summed E-state index contributed by atoms with van der Waals surface area (Å²) in [6.45, 7) is 0. The molecule has 20 heavy (non-hydrogen) atoms. The Morgan fingerprint density at radius 1 is 1.15 bits per heavy atom. The van der Waals surface area contributed by atoms with Gasteiger partial charge in [0.05, 0.1) is 16.3 Å². The highest BCUT2D eigenvalue weighted by Gasteiger charge is 2.21. The first kappa shape index (κ1) is 14.9. The molecule has 0 saturated carbocycles. The first-order valence-electron chi connectivity index (χ1n) is 5.52. The maximum absolute atomic E-state index is 13.5. The second-order valence-corrected chi connectivity index (χ2v) is 7.03. The minimum atomic E-state index is -3.87. The van der Waals surface area contributed by atoms with Crippen LogP contribution in [0.2, 0.25) is 0 Å². The second kappa shape index (κ2) is 5.49. The van der Waals surface area contributed by atoms with E-state index >= 15 is 0 Å². The van der Waals surface area contributed by atoms with Crippen LogP contribution in [0.25, 0.3) is 0 Å². The Morgan fingerprint density at radius 3 is 2.55 bits per heavy atom. The van der Waals surface area contributed by atoms with Gasteiger partial charge in [-0.15, -0.1) is 0 Å². The normalized spacial score (nSPS) is 11.6. The van der Waals surface area contributed by atoms with Gasteiger partial charge in [0, 0.05) is 10.0 Å². The largest absolute Gasteiger partial charge is 0.398 e. The van der Waals surface area contributed by atoms with Crippen LogP contribution in [0.15, 0.2) is 45.8 Å². The summed E-state index contributed by atoms with van der Waals surface area (Å²) >= 11 is 3.15. The molecule has 106 valence electrons. The van der Waals surface area contributed by atoms with Gasteiger partial charge in [-0.25, -0.2) is 17.2 Å². The van der Waals surface area contributed by atoms with E-state index in [0.717, 1.165) is 6.07 Å². The van der Waals surface area contributed by atoms with E-state index in [1.54, 1.807) is 6.07 Å². The summed E-state index contributed by atoms with van der Waals surface area (Å²) in [5.74, 6) is -2.90. The van der Waals surface area contributed by atoms with Gasteiger partial charge in [0.1, 0.15) is 0 Å². The molecule has 2 rings (SSSR count). The molecule has 0 aliphatic carbocycles. The van der Waals surface area contributed by atoms with Crippen molar-refractivity contribution in [3.63, 3.8) is 0 Å². The van der Waals surface area contributed by atoms with Crippen molar-refractivity contribution >= 4 is 31.5 Å². The average Bonchev–Trinajstić information content (AvgIpc) is 2.37. The van der Waals surface area contributed by atoms with Gasteiger partial charge in [-0.1, -0.05) is 28.1 Å². The predicted molar refractivity (Wildman–Crippen MR) is 75.8 cm³/mol. The van der Waals surface area contributed by atoms with Gasteiger partial charge in [-0.05, 0) is 24.3 Å². The Labute approximate surface area is 123 Å². The van der Waals surface area contributed by atoms with Gasteiger partial charge in [0.25, 0.3) is 0 Å². The minimum absolute atomic E-state index is 0.0602. The van der Waals surface area contributed by atoms with E-state index in [-0.39, 0.29) is 16.1 Å². The zero-order valence-corrected chi connectivity index (χ0v) is 12.5. The van der Waals surface area contributed by atoms with Crippen LogP contribution >= 0.6 is 15.9 Å². The topological polar surface area (TPSA) is 60.2 Å². The first-order chi connectivity index (χ1) is 9.31. The third-order valence-corrected chi connectivity index (χ3v) is 4.90. The van der Waals surface area contributed by atoms with Crippen molar-refractivity contribution in [3.8, 4) is 0 Å². The van der Waals surface area contributed by atoms with Gasteiger partial charge in [-0.3, -0.25) is 0 Å². The van der Waals surface area contributed by atoms with Crippen molar-refractivity contribution < 1.29 is 17.2 Å². The van der Waals surface area contributed by atoms with Gasteiger partial charge >= 0.3 is 0 Å². The van der Waals surface area contributed by atoms with Crippen molar-refractivity contribution in [3.05, 3.63) is 58.1 Å². The zero-order chi connectivity index (χ0) is 14.9. The van der Waals surface area contributed by atoms with Gasteiger partial charge < -0.3 is 5.73 Å². The standard InChI is InChI=1S/C13H10BrF2NO2S/c14-9-4-5-11(17)12(6-9)20(18,19)7-8-2-1-3-10(15)13(8)16/h1-6H,7,17H2. The Kier molecular flexibility index (Phi) is 4.10. The van der Waals surface area contributed by atoms with Crippen molar-refractivity contribution in [1.82, 2.24) is 0 Å². The van der Waals surface area contributed by atoms with Crippen LogP contribution in [0.5, 0.6) is 0 Å². The lowest BCUT2D eigenvalue weighted by Crippen LogP contribution is -2.09. The molecule has 3 nitrogen and oxygen atoms in total. The van der Waals surface area contributed by atoms with E-state index in [1.165, 1.54) is 24.3 Å². The Hall–Kier alpha value is -1.47. The lowest BCUT2D eigenvalue weighted by Gasteiger charge is -2.09. The van der Waals surface area contributed by atoms with E-state index < -0.39 is 27.2 Å². The number of sulfone groups is 1. The molecule has 0 aliphatic rings. The molecular formula is C13H10BrF2NO2S. The molecule has 0 heterocycles. The molecule has 0 fully saturated rings. The van der Waals surface area contributed by atoms with Crippen LogP contribution in [0.1, 0.15) is 5.56 Å². The van der Waals surface area contributed by atoms with E-state index in [4.69, 9.17) is 5.73 Å². The van der Waals surface area contributed by atoms with Crippen LogP contribution in [0.4, 0.5) is 14.5 Å². The quantitative estimate of drug-likeness (QED) is 0.853. The second-order valence-electron chi connectivity index (χ2n) is 4.15. The Balaban J connectivity index is 2.46.